The lowest BCUT2D eigenvalue weighted by molar-refractivity contribution is 0.290. The number of hydrogen-bond acceptors (Lipinski definition) is 1. The fourth-order valence-electron chi connectivity index (χ4n) is 1.37. The van der Waals surface area contributed by atoms with E-state index in [1.165, 1.54) is 6.07 Å². The minimum atomic E-state index is -0.536. The van der Waals surface area contributed by atoms with Crippen LogP contribution in [0.5, 0.6) is 5.75 Å². The molecule has 0 saturated heterocycles. The van der Waals surface area contributed by atoms with E-state index in [4.69, 9.17) is 16.3 Å². The van der Waals surface area contributed by atoms with Gasteiger partial charge in [0.1, 0.15) is 6.61 Å². The molecule has 0 N–H and O–H groups in total. The maximum atomic E-state index is 13.6. The third-order valence-corrected chi connectivity index (χ3v) is 2.93. The molecular formula is C13H9BrClFO. The number of hydrogen-bond donors (Lipinski definition) is 0. The van der Waals surface area contributed by atoms with E-state index in [-0.39, 0.29) is 10.8 Å². The molecule has 2 aromatic carbocycles. The molecule has 0 fully saturated rings. The van der Waals surface area contributed by atoms with Crippen LogP contribution in [0.4, 0.5) is 4.39 Å². The van der Waals surface area contributed by atoms with Crippen molar-refractivity contribution in [1.82, 2.24) is 0 Å². The first kappa shape index (κ1) is 12.4. The van der Waals surface area contributed by atoms with E-state index in [0.29, 0.717) is 11.1 Å². The first-order valence-electron chi connectivity index (χ1n) is 4.98. The fourth-order valence-corrected chi connectivity index (χ4v) is 2.15. The normalized spacial score (nSPS) is 10.3. The monoisotopic (exact) mass is 314 g/mol. The molecule has 2 aromatic rings. The highest BCUT2D eigenvalue weighted by Gasteiger charge is 2.09. The molecular weight excluding hydrogens is 306 g/mol. The highest BCUT2D eigenvalue weighted by Crippen LogP contribution is 2.29. The van der Waals surface area contributed by atoms with Crippen molar-refractivity contribution in [2.24, 2.45) is 0 Å². The minimum Gasteiger partial charge on any atom is -0.486 e. The molecule has 0 aromatic heterocycles. The quantitative estimate of drug-likeness (QED) is 0.738. The lowest BCUT2D eigenvalue weighted by atomic mass is 10.2. The van der Waals surface area contributed by atoms with Crippen LogP contribution in [0.25, 0.3) is 0 Å². The summed E-state index contributed by atoms with van der Waals surface area (Å²) in [5, 5.41) is 0.0439. The van der Waals surface area contributed by atoms with Gasteiger partial charge in [-0.3, -0.25) is 0 Å². The van der Waals surface area contributed by atoms with E-state index < -0.39 is 5.82 Å². The molecule has 0 unspecified atom stereocenters. The van der Waals surface area contributed by atoms with Gasteiger partial charge >= 0.3 is 0 Å². The summed E-state index contributed by atoms with van der Waals surface area (Å²) in [4.78, 5) is 0. The van der Waals surface area contributed by atoms with E-state index in [2.05, 4.69) is 15.9 Å². The van der Waals surface area contributed by atoms with Gasteiger partial charge in [-0.1, -0.05) is 57.9 Å². The summed E-state index contributed by atoms with van der Waals surface area (Å²) in [7, 11) is 0. The van der Waals surface area contributed by atoms with Crippen molar-refractivity contribution in [1.29, 1.82) is 0 Å². The van der Waals surface area contributed by atoms with E-state index in [1.807, 2.05) is 30.3 Å². The summed E-state index contributed by atoms with van der Waals surface area (Å²) in [6.07, 6.45) is 0. The van der Waals surface area contributed by atoms with Gasteiger partial charge in [0.15, 0.2) is 11.6 Å². The van der Waals surface area contributed by atoms with Crippen molar-refractivity contribution >= 4 is 27.5 Å². The largest absolute Gasteiger partial charge is 0.486 e. The van der Waals surface area contributed by atoms with Crippen LogP contribution in [0, 0.1) is 5.82 Å². The first-order valence-corrected chi connectivity index (χ1v) is 6.15. The summed E-state index contributed by atoms with van der Waals surface area (Å²) < 4.78 is 19.7. The van der Waals surface area contributed by atoms with Crippen LogP contribution in [-0.4, -0.2) is 0 Å². The number of halogens is 3. The van der Waals surface area contributed by atoms with Gasteiger partial charge in [0, 0.05) is 4.47 Å². The maximum Gasteiger partial charge on any atom is 0.183 e. The van der Waals surface area contributed by atoms with E-state index in [0.717, 1.165) is 5.56 Å². The number of rotatable bonds is 3. The van der Waals surface area contributed by atoms with Gasteiger partial charge in [-0.15, -0.1) is 0 Å². The molecule has 88 valence electrons. The van der Waals surface area contributed by atoms with Gasteiger partial charge in [0.2, 0.25) is 0 Å². The molecule has 0 atom stereocenters. The zero-order valence-electron chi connectivity index (χ0n) is 8.79. The maximum absolute atomic E-state index is 13.6. The predicted octanol–water partition coefficient (Wildman–Crippen LogP) is 4.82. The van der Waals surface area contributed by atoms with Crippen molar-refractivity contribution in [3.05, 3.63) is 63.3 Å². The summed E-state index contributed by atoms with van der Waals surface area (Å²) >= 11 is 8.96. The molecule has 1 nitrogen and oxygen atoms in total. The molecule has 0 aliphatic heterocycles. The second-order valence-corrected chi connectivity index (χ2v) is 4.80. The van der Waals surface area contributed by atoms with Crippen molar-refractivity contribution in [3.8, 4) is 5.75 Å². The van der Waals surface area contributed by atoms with E-state index in [9.17, 15) is 4.39 Å². The Balaban J connectivity index is 2.14. The van der Waals surface area contributed by atoms with Gasteiger partial charge in [0.05, 0.1) is 5.02 Å². The van der Waals surface area contributed by atoms with Crippen LogP contribution in [0.15, 0.2) is 46.9 Å². The lowest BCUT2D eigenvalue weighted by Crippen LogP contribution is -1.97. The second-order valence-electron chi connectivity index (χ2n) is 3.47. The van der Waals surface area contributed by atoms with Gasteiger partial charge < -0.3 is 4.74 Å². The van der Waals surface area contributed by atoms with Gasteiger partial charge in [-0.2, -0.15) is 0 Å². The Hall–Kier alpha value is -1.06. The van der Waals surface area contributed by atoms with Gasteiger partial charge in [-0.05, 0) is 17.7 Å². The Morgan fingerprint density at radius 3 is 2.59 bits per heavy atom. The molecule has 0 radical (unpaired) electrons. The molecule has 0 aliphatic rings. The first-order chi connectivity index (χ1) is 8.16. The molecule has 0 spiro atoms. The van der Waals surface area contributed by atoms with Crippen LogP contribution in [0.1, 0.15) is 5.56 Å². The lowest BCUT2D eigenvalue weighted by Gasteiger charge is -2.08. The highest BCUT2D eigenvalue weighted by molar-refractivity contribution is 9.10. The van der Waals surface area contributed by atoms with Crippen LogP contribution < -0.4 is 4.74 Å². The average molecular weight is 316 g/mol. The Bertz CT molecular complexity index is 516. The van der Waals surface area contributed by atoms with Crippen molar-refractivity contribution in [3.63, 3.8) is 0 Å². The molecule has 0 aliphatic carbocycles. The highest BCUT2D eigenvalue weighted by atomic mass is 79.9. The number of ether oxygens (including phenoxy) is 1. The Morgan fingerprint density at radius 1 is 1.18 bits per heavy atom. The molecule has 2 rings (SSSR count). The summed E-state index contributed by atoms with van der Waals surface area (Å²) in [6.45, 7) is 0.310. The smallest absolute Gasteiger partial charge is 0.183 e. The molecule has 0 saturated carbocycles. The SMILES string of the molecule is Fc1c(Cl)cc(Br)cc1OCc1ccccc1. The van der Waals surface area contributed by atoms with Gasteiger partial charge in [0.25, 0.3) is 0 Å². The zero-order valence-corrected chi connectivity index (χ0v) is 11.1. The summed E-state index contributed by atoms with van der Waals surface area (Å²) in [5.74, 6) is -0.390. The third-order valence-electron chi connectivity index (χ3n) is 2.20. The van der Waals surface area contributed by atoms with E-state index >= 15 is 0 Å². The Labute approximate surface area is 112 Å². The van der Waals surface area contributed by atoms with Gasteiger partial charge in [-0.25, -0.2) is 4.39 Å². The molecule has 0 bridgehead atoms. The second kappa shape index (κ2) is 5.52. The van der Waals surface area contributed by atoms with Crippen molar-refractivity contribution < 1.29 is 9.13 Å². The summed E-state index contributed by atoms with van der Waals surface area (Å²) in [6, 6.07) is 12.6. The van der Waals surface area contributed by atoms with Crippen molar-refractivity contribution in [2.75, 3.05) is 0 Å². The van der Waals surface area contributed by atoms with Crippen LogP contribution in [0.2, 0.25) is 5.02 Å². The summed E-state index contributed by atoms with van der Waals surface area (Å²) in [5.41, 5.74) is 0.975. The fraction of sp³-hybridized carbons (Fsp3) is 0.0769. The predicted molar refractivity (Wildman–Crippen MR) is 69.9 cm³/mol. The van der Waals surface area contributed by atoms with E-state index in [1.54, 1.807) is 6.07 Å². The number of benzene rings is 2. The van der Waals surface area contributed by atoms with Crippen LogP contribution in [-0.2, 0) is 6.61 Å². The third kappa shape index (κ3) is 3.20. The molecule has 4 heteroatoms. The van der Waals surface area contributed by atoms with Crippen molar-refractivity contribution in [2.45, 2.75) is 6.61 Å². The Morgan fingerprint density at radius 2 is 1.88 bits per heavy atom. The van der Waals surface area contributed by atoms with Crippen LogP contribution in [0.3, 0.4) is 0 Å². The Kier molecular flexibility index (Phi) is 4.02. The molecule has 0 amide bonds. The zero-order chi connectivity index (χ0) is 12.3. The topological polar surface area (TPSA) is 9.23 Å². The van der Waals surface area contributed by atoms with Crippen LogP contribution >= 0.6 is 27.5 Å². The molecule has 17 heavy (non-hydrogen) atoms. The average Bonchev–Trinajstić information content (AvgIpc) is 2.33. The standard InChI is InChI=1S/C13H9BrClFO/c14-10-6-11(15)13(16)12(7-10)17-8-9-4-2-1-3-5-9/h1-7H,8H2. The minimum absolute atomic E-state index is 0.0439. The molecule has 0 heterocycles.